The topological polar surface area (TPSA) is 45.5 Å². The Labute approximate surface area is 155 Å². The van der Waals surface area contributed by atoms with Crippen molar-refractivity contribution >= 4 is 12.7 Å². The lowest BCUT2D eigenvalue weighted by molar-refractivity contribution is 0.00578. The Morgan fingerprint density at radius 3 is 2.38 bits per heavy atom. The van der Waals surface area contributed by atoms with Gasteiger partial charge in [0.2, 0.25) is 0 Å². The van der Waals surface area contributed by atoms with Crippen molar-refractivity contribution in [2.45, 2.75) is 57.8 Å². The van der Waals surface area contributed by atoms with Gasteiger partial charge in [0.15, 0.2) is 0 Å². The van der Waals surface area contributed by atoms with Crippen molar-refractivity contribution in [1.29, 1.82) is 0 Å². The number of nitrogens with zero attached hydrogens (tertiary/aromatic N) is 2. The Hall–Kier alpha value is -1.63. The van der Waals surface area contributed by atoms with Gasteiger partial charge in [0, 0.05) is 18.4 Å². The maximum atomic E-state index is 6.31. The van der Waals surface area contributed by atoms with Crippen molar-refractivity contribution < 1.29 is 14.0 Å². The summed E-state index contributed by atoms with van der Waals surface area (Å²) >= 11 is 0. The van der Waals surface area contributed by atoms with Gasteiger partial charge in [-0.3, -0.25) is 0 Å². The highest BCUT2D eigenvalue weighted by atomic mass is 16.7. The Bertz CT molecular complexity index is 751. The lowest BCUT2D eigenvalue weighted by atomic mass is 9.84. The second-order valence-electron chi connectivity index (χ2n) is 8.20. The summed E-state index contributed by atoms with van der Waals surface area (Å²) < 4.78 is 20.7. The third-order valence-electron chi connectivity index (χ3n) is 5.85. The maximum Gasteiger partial charge on any atom is 0.514 e. The van der Waals surface area contributed by atoms with Crippen LogP contribution >= 0.6 is 0 Å². The minimum Gasteiger partial charge on any atom is -0.398 e. The molecule has 26 heavy (non-hydrogen) atoms. The van der Waals surface area contributed by atoms with Gasteiger partial charge in [0.05, 0.1) is 29.4 Å². The number of imidazole rings is 1. The summed E-state index contributed by atoms with van der Waals surface area (Å²) in [4.78, 5) is 4.75. The van der Waals surface area contributed by atoms with Gasteiger partial charge in [-0.15, -0.1) is 0 Å². The van der Waals surface area contributed by atoms with E-state index < -0.39 is 7.12 Å². The minimum absolute atomic E-state index is 0.246. The molecule has 2 aromatic rings. The molecule has 0 bridgehead atoms. The van der Waals surface area contributed by atoms with Gasteiger partial charge in [-0.05, 0) is 40.5 Å². The highest BCUT2D eigenvalue weighted by molar-refractivity contribution is 6.61. The highest BCUT2D eigenvalue weighted by Gasteiger charge is 2.53. The largest absolute Gasteiger partial charge is 0.514 e. The first kappa shape index (κ1) is 17.8. The van der Waals surface area contributed by atoms with Crippen LogP contribution in [0.25, 0.3) is 11.4 Å². The highest BCUT2D eigenvalue weighted by Crippen LogP contribution is 2.37. The number of hydrogen-bond donors (Lipinski definition) is 0. The Morgan fingerprint density at radius 2 is 1.77 bits per heavy atom. The molecular weight excluding hydrogens is 327 g/mol. The van der Waals surface area contributed by atoms with Gasteiger partial charge < -0.3 is 18.6 Å². The molecule has 1 aromatic carbocycles. The molecule has 5 nitrogen and oxygen atoms in total. The molecule has 0 N–H and O–H groups in total. The second-order valence-corrected chi connectivity index (χ2v) is 8.20. The van der Waals surface area contributed by atoms with Crippen LogP contribution in [0.1, 0.15) is 46.6 Å². The number of ether oxygens (including phenoxy) is 1. The van der Waals surface area contributed by atoms with Crippen molar-refractivity contribution in [3.8, 4) is 11.4 Å². The molecule has 2 saturated heterocycles. The average Bonchev–Trinajstić information content (AvgIpc) is 3.15. The average molecular weight is 354 g/mol. The van der Waals surface area contributed by atoms with Gasteiger partial charge in [-0.2, -0.15) is 0 Å². The number of aromatic nitrogens is 2. The summed E-state index contributed by atoms with van der Waals surface area (Å²) in [6, 6.07) is 10.5. The lowest BCUT2D eigenvalue weighted by Gasteiger charge is -2.32. The summed E-state index contributed by atoms with van der Waals surface area (Å²) in [6.45, 7) is 9.84. The fourth-order valence-corrected chi connectivity index (χ4v) is 3.62. The fourth-order valence-electron chi connectivity index (χ4n) is 3.62. The quantitative estimate of drug-likeness (QED) is 0.794. The van der Waals surface area contributed by atoms with Crippen LogP contribution < -0.4 is 5.59 Å². The van der Waals surface area contributed by atoms with Crippen molar-refractivity contribution in [1.82, 2.24) is 9.55 Å². The Morgan fingerprint density at radius 1 is 1.08 bits per heavy atom. The minimum atomic E-state index is -0.424. The van der Waals surface area contributed by atoms with E-state index in [1.807, 2.05) is 24.4 Å². The fraction of sp³-hybridized carbons (Fsp3) is 0.550. The van der Waals surface area contributed by atoms with E-state index in [-0.39, 0.29) is 17.2 Å². The molecule has 0 saturated carbocycles. The van der Waals surface area contributed by atoms with Crippen molar-refractivity contribution in [3.05, 3.63) is 36.5 Å². The third kappa shape index (κ3) is 3.00. The van der Waals surface area contributed by atoms with E-state index in [1.165, 1.54) is 0 Å². The molecule has 0 amide bonds. The first-order chi connectivity index (χ1) is 12.4. The van der Waals surface area contributed by atoms with Gasteiger partial charge in [-0.25, -0.2) is 4.98 Å². The molecule has 2 aliphatic heterocycles. The third-order valence-corrected chi connectivity index (χ3v) is 5.85. The van der Waals surface area contributed by atoms with E-state index >= 15 is 0 Å². The van der Waals surface area contributed by atoms with E-state index in [1.54, 1.807) is 0 Å². The smallest absolute Gasteiger partial charge is 0.398 e. The Kier molecular flexibility index (Phi) is 4.45. The predicted octanol–water partition coefficient (Wildman–Crippen LogP) is 3.20. The zero-order chi connectivity index (χ0) is 18.4. The summed E-state index contributed by atoms with van der Waals surface area (Å²) in [5, 5.41) is 0. The van der Waals surface area contributed by atoms with Crippen molar-refractivity contribution in [3.63, 3.8) is 0 Å². The van der Waals surface area contributed by atoms with Crippen LogP contribution in [-0.4, -0.2) is 41.1 Å². The molecule has 3 heterocycles. The molecule has 1 aromatic heterocycles. The number of rotatable bonds is 3. The van der Waals surface area contributed by atoms with Crippen molar-refractivity contribution in [2.75, 3.05) is 13.2 Å². The molecule has 1 unspecified atom stereocenters. The van der Waals surface area contributed by atoms with Gasteiger partial charge in [-0.1, -0.05) is 30.3 Å². The SMILES string of the molecule is CC1(C)OB(c2cnc(-c3ccccc3)n2C2CCCOC2)OC1(C)C. The molecule has 0 aliphatic carbocycles. The molecule has 1 atom stereocenters. The second kappa shape index (κ2) is 6.52. The summed E-state index contributed by atoms with van der Waals surface area (Å²) in [5.74, 6) is 0.950. The Balaban J connectivity index is 1.77. The first-order valence-corrected chi connectivity index (χ1v) is 9.45. The maximum absolute atomic E-state index is 6.31. The lowest BCUT2D eigenvalue weighted by Crippen LogP contribution is -2.42. The molecule has 2 aliphatic rings. The van der Waals surface area contributed by atoms with Crippen LogP contribution in [-0.2, 0) is 14.0 Å². The van der Waals surface area contributed by atoms with E-state index in [0.717, 1.165) is 36.4 Å². The summed E-state index contributed by atoms with van der Waals surface area (Å²) in [6.07, 6.45) is 4.03. The van der Waals surface area contributed by atoms with Crippen LogP contribution in [0.2, 0.25) is 0 Å². The number of benzene rings is 1. The standard InChI is InChI=1S/C20H27BN2O3/c1-19(2)20(3,4)26-21(25-19)17-13-22-18(15-9-6-5-7-10-15)23(17)16-11-8-12-24-14-16/h5-7,9-10,13,16H,8,11-12,14H2,1-4H3. The van der Waals surface area contributed by atoms with Gasteiger partial charge >= 0.3 is 7.12 Å². The zero-order valence-corrected chi connectivity index (χ0v) is 16.1. The zero-order valence-electron chi connectivity index (χ0n) is 16.1. The molecule has 6 heteroatoms. The van der Waals surface area contributed by atoms with Crippen LogP contribution in [0.15, 0.2) is 36.5 Å². The summed E-state index contributed by atoms with van der Waals surface area (Å²) in [5.41, 5.74) is 1.32. The van der Waals surface area contributed by atoms with Crippen LogP contribution in [0.4, 0.5) is 0 Å². The number of hydrogen-bond acceptors (Lipinski definition) is 4. The van der Waals surface area contributed by atoms with E-state index in [2.05, 4.69) is 44.4 Å². The van der Waals surface area contributed by atoms with Crippen LogP contribution in [0, 0.1) is 0 Å². The molecule has 138 valence electrons. The van der Waals surface area contributed by atoms with Crippen LogP contribution in [0.3, 0.4) is 0 Å². The molecule has 0 radical (unpaired) electrons. The molecule has 4 rings (SSSR count). The van der Waals surface area contributed by atoms with Crippen molar-refractivity contribution in [2.24, 2.45) is 0 Å². The molecular formula is C20H27BN2O3. The normalized spacial score (nSPS) is 24.8. The van der Waals surface area contributed by atoms with Crippen LogP contribution in [0.5, 0.6) is 0 Å². The molecule has 0 spiro atoms. The summed E-state index contributed by atoms with van der Waals surface area (Å²) in [7, 11) is -0.424. The van der Waals surface area contributed by atoms with Gasteiger partial charge in [0.25, 0.3) is 0 Å². The predicted molar refractivity (Wildman–Crippen MR) is 102 cm³/mol. The van der Waals surface area contributed by atoms with Gasteiger partial charge in [0.1, 0.15) is 5.82 Å². The molecule has 2 fully saturated rings. The first-order valence-electron chi connectivity index (χ1n) is 9.45. The van der Waals surface area contributed by atoms with E-state index in [0.29, 0.717) is 6.61 Å². The van der Waals surface area contributed by atoms with E-state index in [9.17, 15) is 0 Å². The monoisotopic (exact) mass is 354 g/mol. The van der Waals surface area contributed by atoms with E-state index in [4.69, 9.17) is 19.0 Å².